The minimum Gasteiger partial charge on any atom is -0.494 e. The molecule has 0 aliphatic rings. The van der Waals surface area contributed by atoms with Crippen LogP contribution in [0.4, 0.5) is 0 Å². The van der Waals surface area contributed by atoms with Crippen LogP contribution in [-0.2, 0) is 6.42 Å². The van der Waals surface area contributed by atoms with Crippen molar-refractivity contribution in [2.45, 2.75) is 19.3 Å². The summed E-state index contributed by atoms with van der Waals surface area (Å²) in [6.07, 6.45) is 2.59. The maximum Gasteiger partial charge on any atom is 0.355 e. The Kier molecular flexibility index (Phi) is 5.38. The summed E-state index contributed by atoms with van der Waals surface area (Å²) in [6, 6.07) is 7.25. The number of hydrogen-bond donors (Lipinski definition) is 1. The van der Waals surface area contributed by atoms with Gasteiger partial charge in [-0.1, -0.05) is 11.6 Å². The van der Waals surface area contributed by atoms with E-state index in [1.807, 2.05) is 12.1 Å². The van der Waals surface area contributed by atoms with Gasteiger partial charge in [0.15, 0.2) is 5.69 Å². The summed E-state index contributed by atoms with van der Waals surface area (Å²) in [4.78, 5) is 14.7. The van der Waals surface area contributed by atoms with Crippen molar-refractivity contribution in [2.75, 3.05) is 6.61 Å². The summed E-state index contributed by atoms with van der Waals surface area (Å²) in [7, 11) is 0. The Balaban J connectivity index is 1.66. The zero-order valence-corrected chi connectivity index (χ0v) is 12.3. The summed E-state index contributed by atoms with van der Waals surface area (Å²) in [5, 5.41) is 11.9. The van der Waals surface area contributed by atoms with Crippen LogP contribution in [0.5, 0.6) is 5.75 Å². The van der Waals surface area contributed by atoms with E-state index in [0.29, 0.717) is 11.6 Å². The van der Waals surface area contributed by atoms with E-state index in [9.17, 15) is 4.79 Å². The Morgan fingerprint density at radius 2 is 2.05 bits per heavy atom. The zero-order chi connectivity index (χ0) is 14.4. The van der Waals surface area contributed by atoms with Crippen molar-refractivity contribution in [1.82, 2.24) is 4.98 Å². The highest BCUT2D eigenvalue weighted by atomic mass is 35.5. The van der Waals surface area contributed by atoms with Crippen LogP contribution < -0.4 is 4.74 Å². The van der Waals surface area contributed by atoms with E-state index < -0.39 is 5.97 Å². The van der Waals surface area contributed by atoms with Crippen LogP contribution in [0.15, 0.2) is 29.6 Å². The van der Waals surface area contributed by atoms with E-state index in [4.69, 9.17) is 21.4 Å². The predicted octanol–water partition coefficient (Wildman–Crippen LogP) is 3.90. The average molecular weight is 312 g/mol. The van der Waals surface area contributed by atoms with E-state index >= 15 is 0 Å². The number of benzene rings is 1. The molecule has 0 aliphatic heterocycles. The first-order valence-corrected chi connectivity index (χ1v) is 7.47. The molecule has 106 valence electrons. The first-order valence-electron chi connectivity index (χ1n) is 6.21. The van der Waals surface area contributed by atoms with Gasteiger partial charge >= 0.3 is 5.97 Å². The Morgan fingerprint density at radius 1 is 1.30 bits per heavy atom. The third-order valence-electron chi connectivity index (χ3n) is 2.64. The number of aromatic nitrogens is 1. The largest absolute Gasteiger partial charge is 0.494 e. The highest BCUT2D eigenvalue weighted by Gasteiger charge is 2.07. The summed E-state index contributed by atoms with van der Waals surface area (Å²) in [5.41, 5.74) is 0.127. The Hall–Kier alpha value is -1.59. The molecule has 2 rings (SSSR count). The lowest BCUT2D eigenvalue weighted by Gasteiger charge is -2.05. The van der Waals surface area contributed by atoms with Gasteiger partial charge in [0, 0.05) is 10.4 Å². The molecule has 1 heterocycles. The van der Waals surface area contributed by atoms with Crippen LogP contribution in [0.2, 0.25) is 5.02 Å². The van der Waals surface area contributed by atoms with Crippen LogP contribution in [0.3, 0.4) is 0 Å². The van der Waals surface area contributed by atoms with Crippen LogP contribution in [0.1, 0.15) is 28.3 Å². The monoisotopic (exact) mass is 311 g/mol. The lowest BCUT2D eigenvalue weighted by Crippen LogP contribution is -1.99. The summed E-state index contributed by atoms with van der Waals surface area (Å²) in [5.74, 6) is -0.171. The second kappa shape index (κ2) is 7.26. The van der Waals surface area contributed by atoms with Gasteiger partial charge < -0.3 is 9.84 Å². The number of carbonyl (C=O) groups is 1. The molecule has 0 atom stereocenters. The minimum atomic E-state index is -0.974. The van der Waals surface area contributed by atoms with Gasteiger partial charge in [-0.25, -0.2) is 9.78 Å². The predicted molar refractivity (Wildman–Crippen MR) is 79.0 cm³/mol. The average Bonchev–Trinajstić information content (AvgIpc) is 2.89. The second-order valence-corrected chi connectivity index (χ2v) is 5.57. The first-order chi connectivity index (χ1) is 9.65. The molecule has 0 unspecified atom stereocenters. The smallest absolute Gasteiger partial charge is 0.355 e. The second-order valence-electron chi connectivity index (χ2n) is 4.19. The van der Waals surface area contributed by atoms with Crippen LogP contribution in [-0.4, -0.2) is 22.7 Å². The number of carboxylic acids is 1. The first kappa shape index (κ1) is 14.8. The fourth-order valence-electron chi connectivity index (χ4n) is 1.62. The van der Waals surface area contributed by atoms with Gasteiger partial charge in [-0.15, -0.1) is 11.3 Å². The Labute approximate surface area is 126 Å². The van der Waals surface area contributed by atoms with Gasteiger partial charge in [0.2, 0.25) is 0 Å². The number of nitrogens with zero attached hydrogens (tertiary/aromatic N) is 1. The molecular formula is C14H14ClNO3S. The van der Waals surface area contributed by atoms with Crippen molar-refractivity contribution in [2.24, 2.45) is 0 Å². The third-order valence-corrected chi connectivity index (χ3v) is 3.80. The summed E-state index contributed by atoms with van der Waals surface area (Å²) in [6.45, 7) is 0.624. The van der Waals surface area contributed by atoms with Crippen molar-refractivity contribution in [3.63, 3.8) is 0 Å². The number of rotatable bonds is 7. The molecule has 0 fully saturated rings. The lowest BCUT2D eigenvalue weighted by atomic mass is 10.2. The fraction of sp³-hybridized carbons (Fsp3) is 0.286. The van der Waals surface area contributed by atoms with Crippen LogP contribution >= 0.6 is 22.9 Å². The van der Waals surface area contributed by atoms with Gasteiger partial charge in [0.1, 0.15) is 5.75 Å². The van der Waals surface area contributed by atoms with Crippen molar-refractivity contribution >= 4 is 28.9 Å². The van der Waals surface area contributed by atoms with Crippen molar-refractivity contribution in [3.8, 4) is 5.75 Å². The molecule has 0 amide bonds. The molecule has 1 aromatic carbocycles. The molecule has 1 N–H and O–H groups in total. The molecule has 0 bridgehead atoms. The lowest BCUT2D eigenvalue weighted by molar-refractivity contribution is 0.0691. The van der Waals surface area contributed by atoms with E-state index in [1.54, 1.807) is 17.5 Å². The standard InChI is InChI=1S/C14H14ClNO3S/c15-10-4-6-11(7-5-10)19-8-2-1-3-13-16-12(9-20-13)14(17)18/h4-7,9H,1-3,8H2,(H,17,18). The molecule has 6 heteroatoms. The number of hydrogen-bond acceptors (Lipinski definition) is 4. The fourth-order valence-corrected chi connectivity index (χ4v) is 2.56. The van der Waals surface area contributed by atoms with Crippen LogP contribution in [0, 0.1) is 0 Å². The topological polar surface area (TPSA) is 59.4 Å². The molecule has 2 aromatic rings. The van der Waals surface area contributed by atoms with E-state index in [0.717, 1.165) is 30.0 Å². The maximum absolute atomic E-state index is 10.7. The molecule has 0 saturated carbocycles. The quantitative estimate of drug-likeness (QED) is 0.788. The van der Waals surface area contributed by atoms with E-state index in [1.165, 1.54) is 11.3 Å². The van der Waals surface area contributed by atoms with Crippen molar-refractivity contribution in [1.29, 1.82) is 0 Å². The number of aromatic carboxylic acids is 1. The van der Waals surface area contributed by atoms with Crippen LogP contribution in [0.25, 0.3) is 0 Å². The number of unbranched alkanes of at least 4 members (excludes halogenated alkanes) is 1. The van der Waals surface area contributed by atoms with Gasteiger partial charge in [-0.3, -0.25) is 0 Å². The number of aryl methyl sites for hydroxylation is 1. The number of carboxylic acid groups (broad SMARTS) is 1. The summed E-state index contributed by atoms with van der Waals surface area (Å²) < 4.78 is 5.57. The Morgan fingerprint density at radius 3 is 2.70 bits per heavy atom. The number of ether oxygens (including phenoxy) is 1. The highest BCUT2D eigenvalue weighted by molar-refractivity contribution is 7.09. The number of halogens is 1. The normalized spacial score (nSPS) is 10.4. The highest BCUT2D eigenvalue weighted by Crippen LogP contribution is 2.16. The molecule has 4 nitrogen and oxygen atoms in total. The number of thiazole rings is 1. The van der Waals surface area contributed by atoms with Gasteiger partial charge in [-0.05, 0) is 43.5 Å². The molecule has 0 spiro atoms. The van der Waals surface area contributed by atoms with Gasteiger partial charge in [0.25, 0.3) is 0 Å². The van der Waals surface area contributed by atoms with Gasteiger partial charge in [-0.2, -0.15) is 0 Å². The van der Waals surface area contributed by atoms with E-state index in [2.05, 4.69) is 4.98 Å². The molecule has 0 saturated heterocycles. The summed E-state index contributed by atoms with van der Waals surface area (Å²) >= 11 is 7.17. The van der Waals surface area contributed by atoms with Crippen molar-refractivity contribution < 1.29 is 14.6 Å². The van der Waals surface area contributed by atoms with Crippen molar-refractivity contribution in [3.05, 3.63) is 45.4 Å². The maximum atomic E-state index is 10.7. The molecule has 0 aliphatic carbocycles. The molecule has 20 heavy (non-hydrogen) atoms. The molecular weight excluding hydrogens is 298 g/mol. The molecule has 1 aromatic heterocycles. The van der Waals surface area contributed by atoms with E-state index in [-0.39, 0.29) is 5.69 Å². The van der Waals surface area contributed by atoms with Gasteiger partial charge in [0.05, 0.1) is 11.6 Å². The SMILES string of the molecule is O=C(O)c1csc(CCCCOc2ccc(Cl)cc2)n1. The minimum absolute atomic E-state index is 0.127. The third kappa shape index (κ3) is 4.51. The zero-order valence-electron chi connectivity index (χ0n) is 10.7. The Bertz CT molecular complexity index is 568. The molecule has 0 radical (unpaired) electrons.